The Balaban J connectivity index is 2.94. The van der Waals surface area contributed by atoms with Gasteiger partial charge in [-0.15, -0.1) is 0 Å². The van der Waals surface area contributed by atoms with Gasteiger partial charge in [-0.1, -0.05) is 67.0 Å². The van der Waals surface area contributed by atoms with Crippen molar-refractivity contribution in [3.05, 3.63) is 29.8 Å². The van der Waals surface area contributed by atoms with Crippen LogP contribution in [0, 0.1) is 17.3 Å². The maximum Gasteiger partial charge on any atom is 0.201 e. The highest BCUT2D eigenvalue weighted by Gasteiger charge is 2.29. The molecule has 0 saturated carbocycles. The molecule has 0 spiro atoms. The fraction of sp³-hybridized carbons (Fsp3) is 0.714. The molecule has 0 radical (unpaired) electrons. The lowest BCUT2D eigenvalue weighted by atomic mass is 9.70. The first kappa shape index (κ1) is 20.0. The maximum atomic E-state index is 5.93. The summed E-state index contributed by atoms with van der Waals surface area (Å²) in [5.41, 5.74) is 1.72. The third-order valence-corrected chi connectivity index (χ3v) is 4.87. The lowest BCUT2D eigenvalue weighted by Crippen LogP contribution is -2.25. The van der Waals surface area contributed by atoms with E-state index in [0.29, 0.717) is 23.2 Å². The van der Waals surface area contributed by atoms with Crippen LogP contribution in [-0.2, 0) is 4.74 Å². The van der Waals surface area contributed by atoms with Gasteiger partial charge in [0.25, 0.3) is 0 Å². The van der Waals surface area contributed by atoms with Crippen LogP contribution in [0.2, 0.25) is 0 Å². The van der Waals surface area contributed by atoms with Gasteiger partial charge in [-0.25, -0.2) is 0 Å². The van der Waals surface area contributed by atoms with E-state index in [9.17, 15) is 0 Å². The molecule has 0 saturated heterocycles. The Morgan fingerprint density at radius 3 is 1.96 bits per heavy atom. The summed E-state index contributed by atoms with van der Waals surface area (Å²) >= 11 is 0. The van der Waals surface area contributed by atoms with Crippen LogP contribution < -0.4 is 4.74 Å². The predicted octanol–water partition coefficient (Wildman–Crippen LogP) is 6.26. The average Bonchev–Trinajstić information content (AvgIpc) is 2.50. The van der Waals surface area contributed by atoms with Gasteiger partial charge < -0.3 is 9.47 Å². The van der Waals surface area contributed by atoms with Gasteiger partial charge in [-0.05, 0) is 41.4 Å². The van der Waals surface area contributed by atoms with Crippen molar-refractivity contribution in [3.63, 3.8) is 0 Å². The van der Waals surface area contributed by atoms with Crippen molar-refractivity contribution in [1.82, 2.24) is 0 Å². The largest absolute Gasteiger partial charge is 0.465 e. The molecule has 0 aliphatic heterocycles. The van der Waals surface area contributed by atoms with E-state index in [2.05, 4.69) is 72.7 Å². The Morgan fingerprint density at radius 1 is 1.00 bits per heavy atom. The molecule has 2 heteroatoms. The number of methoxy groups -OCH3 is 1. The smallest absolute Gasteiger partial charge is 0.201 e. The van der Waals surface area contributed by atoms with Crippen molar-refractivity contribution in [2.45, 2.75) is 73.5 Å². The van der Waals surface area contributed by atoms with Crippen LogP contribution in [0.25, 0.3) is 0 Å². The van der Waals surface area contributed by atoms with Gasteiger partial charge in [0.1, 0.15) is 5.75 Å². The second kappa shape index (κ2) is 8.73. The zero-order valence-corrected chi connectivity index (χ0v) is 16.3. The summed E-state index contributed by atoms with van der Waals surface area (Å²) in [6, 6.07) is 8.63. The average molecular weight is 321 g/mol. The molecule has 0 fully saturated rings. The van der Waals surface area contributed by atoms with Gasteiger partial charge in [0.2, 0.25) is 6.29 Å². The van der Waals surface area contributed by atoms with Crippen LogP contribution in [0.4, 0.5) is 0 Å². The van der Waals surface area contributed by atoms with E-state index in [0.717, 1.165) is 5.75 Å². The van der Waals surface area contributed by atoms with Gasteiger partial charge in [-0.3, -0.25) is 0 Å². The summed E-state index contributed by atoms with van der Waals surface area (Å²) < 4.78 is 11.3. The fourth-order valence-electron chi connectivity index (χ4n) is 2.99. The first-order chi connectivity index (χ1) is 10.7. The molecule has 1 aromatic carbocycles. The molecular weight excluding hydrogens is 284 g/mol. The van der Waals surface area contributed by atoms with Crippen LogP contribution >= 0.6 is 0 Å². The Morgan fingerprint density at radius 2 is 1.57 bits per heavy atom. The van der Waals surface area contributed by atoms with E-state index in [1.807, 2.05) is 0 Å². The van der Waals surface area contributed by atoms with E-state index in [1.54, 1.807) is 7.11 Å². The highest BCUT2D eigenvalue weighted by atomic mass is 16.7. The molecule has 0 heterocycles. The minimum Gasteiger partial charge on any atom is -0.465 e. The predicted molar refractivity (Wildman–Crippen MR) is 99.0 cm³/mol. The molecule has 2 unspecified atom stereocenters. The fourth-order valence-corrected chi connectivity index (χ4v) is 2.99. The Labute approximate surface area is 143 Å². The lowest BCUT2D eigenvalue weighted by Gasteiger charge is -2.35. The zero-order chi connectivity index (χ0) is 17.6. The van der Waals surface area contributed by atoms with E-state index in [4.69, 9.17) is 9.47 Å². The topological polar surface area (TPSA) is 18.5 Å². The number of hydrogen-bond acceptors (Lipinski definition) is 2. The van der Waals surface area contributed by atoms with Gasteiger partial charge in [-0.2, -0.15) is 0 Å². The van der Waals surface area contributed by atoms with E-state index < -0.39 is 0 Å². The Bertz CT molecular complexity index is 445. The summed E-state index contributed by atoms with van der Waals surface area (Å²) in [4.78, 5) is 0. The van der Waals surface area contributed by atoms with E-state index in [1.165, 1.54) is 18.4 Å². The van der Waals surface area contributed by atoms with Gasteiger partial charge in [0, 0.05) is 13.0 Å². The normalized spacial score (nSPS) is 15.0. The van der Waals surface area contributed by atoms with Crippen molar-refractivity contribution in [2.75, 3.05) is 7.11 Å². The van der Waals surface area contributed by atoms with Crippen molar-refractivity contribution in [1.29, 1.82) is 0 Å². The first-order valence-electron chi connectivity index (χ1n) is 9.00. The Hall–Kier alpha value is -1.02. The van der Waals surface area contributed by atoms with E-state index >= 15 is 0 Å². The van der Waals surface area contributed by atoms with Gasteiger partial charge in [0.05, 0.1) is 0 Å². The van der Waals surface area contributed by atoms with Gasteiger partial charge in [0.15, 0.2) is 0 Å². The van der Waals surface area contributed by atoms with Crippen LogP contribution in [0.1, 0.15) is 72.8 Å². The molecule has 0 aliphatic rings. The molecular formula is C21H36O2. The molecule has 23 heavy (non-hydrogen) atoms. The summed E-state index contributed by atoms with van der Waals surface area (Å²) in [7, 11) is 1.70. The second-order valence-corrected chi connectivity index (χ2v) is 8.06. The summed E-state index contributed by atoms with van der Waals surface area (Å²) in [6.45, 7) is 15.9. The summed E-state index contributed by atoms with van der Waals surface area (Å²) in [6.07, 6.45) is 2.20. The van der Waals surface area contributed by atoms with Crippen molar-refractivity contribution in [3.8, 4) is 5.75 Å². The molecule has 0 N–H and O–H groups in total. The summed E-state index contributed by atoms with van der Waals surface area (Å²) in [5, 5.41) is 0. The minimum atomic E-state index is -0.195. The highest BCUT2D eigenvalue weighted by Crippen LogP contribution is 2.42. The molecule has 1 rings (SSSR count). The van der Waals surface area contributed by atoms with Crippen molar-refractivity contribution < 1.29 is 9.47 Å². The van der Waals surface area contributed by atoms with Crippen LogP contribution in [0.15, 0.2) is 24.3 Å². The van der Waals surface area contributed by atoms with Crippen LogP contribution in [0.3, 0.4) is 0 Å². The molecule has 0 aliphatic carbocycles. The third-order valence-electron chi connectivity index (χ3n) is 4.87. The molecule has 2 atom stereocenters. The first-order valence-corrected chi connectivity index (χ1v) is 9.00. The lowest BCUT2D eigenvalue weighted by molar-refractivity contribution is -0.0833. The third kappa shape index (κ3) is 5.84. The Kier molecular flexibility index (Phi) is 7.60. The van der Waals surface area contributed by atoms with Crippen molar-refractivity contribution >= 4 is 0 Å². The molecule has 132 valence electrons. The number of benzene rings is 1. The minimum absolute atomic E-state index is 0.195. The molecule has 0 amide bonds. The van der Waals surface area contributed by atoms with E-state index in [-0.39, 0.29) is 6.29 Å². The molecule has 2 nitrogen and oxygen atoms in total. The molecule has 0 bridgehead atoms. The summed E-state index contributed by atoms with van der Waals surface area (Å²) in [5.74, 6) is 2.48. The monoisotopic (exact) mass is 320 g/mol. The second-order valence-electron chi connectivity index (χ2n) is 8.06. The van der Waals surface area contributed by atoms with Crippen molar-refractivity contribution in [2.24, 2.45) is 17.3 Å². The zero-order valence-electron chi connectivity index (χ0n) is 16.3. The maximum absolute atomic E-state index is 5.93. The SMILES string of the molecule is CCC(C)(C)C(CC(C)C)c1ccc(OC(OC)C(C)C)cc1. The van der Waals surface area contributed by atoms with Gasteiger partial charge >= 0.3 is 0 Å². The number of rotatable bonds is 9. The van der Waals surface area contributed by atoms with Crippen LogP contribution in [0.5, 0.6) is 5.75 Å². The molecule has 1 aromatic rings. The standard InChI is InChI=1S/C21H36O2/c1-9-21(6,7)19(14-15(2)3)17-10-12-18(13-11-17)23-20(22-8)16(4)5/h10-13,15-16,19-20H,9,14H2,1-8H3. The quantitative estimate of drug-likeness (QED) is 0.500. The molecule has 0 aromatic heterocycles. The number of ether oxygens (including phenoxy) is 2. The highest BCUT2D eigenvalue weighted by molar-refractivity contribution is 5.30. The van der Waals surface area contributed by atoms with Crippen LogP contribution in [-0.4, -0.2) is 13.4 Å². The number of hydrogen-bond donors (Lipinski definition) is 0.